The molecule has 3 fully saturated rings. The highest BCUT2D eigenvalue weighted by molar-refractivity contribution is 5.89. The van der Waals surface area contributed by atoms with E-state index in [0.717, 1.165) is 12.1 Å². The molecule has 0 saturated carbocycles. The van der Waals surface area contributed by atoms with Crippen molar-refractivity contribution >= 4 is 11.0 Å². The Morgan fingerprint density at radius 1 is 0.660 bits per heavy atom. The number of fused-ring (bicyclic) bond motifs is 1. The quantitative estimate of drug-likeness (QED) is 0.0992. The van der Waals surface area contributed by atoms with Gasteiger partial charge >= 0.3 is 0 Å². The lowest BCUT2D eigenvalue weighted by molar-refractivity contribution is -0.349. The van der Waals surface area contributed by atoms with Gasteiger partial charge in [0.05, 0.1) is 19.3 Å². The fourth-order valence-corrected chi connectivity index (χ4v) is 6.26. The molecule has 3 saturated heterocycles. The van der Waals surface area contributed by atoms with E-state index in [9.17, 15) is 66.1 Å². The average molecular weight is 757 g/mol. The van der Waals surface area contributed by atoms with Crippen molar-refractivity contribution in [3.05, 3.63) is 46.6 Å². The second-order valence-corrected chi connectivity index (χ2v) is 12.9. The van der Waals surface area contributed by atoms with Gasteiger partial charge in [0.2, 0.25) is 18.3 Å². The monoisotopic (exact) mass is 756 g/mol. The standard InChI is InChI=1S/C33H40O20/c1-10-29(52-33-27(45)24(42)21(39)18(9-35)51-33)25(43)28(46)31(47-10)53-30-16(49-32-26(44)23(41)20(38)17(8-34)50-32)7-15-19(22(30)40)13(37)6-14(48-15)11-2-4-12(36)5-3-11/h2-7,10,17-18,20-21,23-29,31-36,38-46H,8-9H2,1H3/t10-,17+,18+,20+,21+,23-,24-,25-,26+,27+,28+,29-,31-,32+,33-/m0/s1. The van der Waals surface area contributed by atoms with Crippen LogP contribution in [0.4, 0.5) is 0 Å². The van der Waals surface area contributed by atoms with Crippen LogP contribution in [-0.4, -0.2) is 167 Å². The molecular weight excluding hydrogens is 716 g/mol. The van der Waals surface area contributed by atoms with Gasteiger partial charge in [0.1, 0.15) is 89.6 Å². The number of aromatic hydroxyl groups is 2. The molecular formula is C33H40O20. The molecule has 0 radical (unpaired) electrons. The van der Waals surface area contributed by atoms with Crippen LogP contribution in [0.3, 0.4) is 0 Å². The summed E-state index contributed by atoms with van der Waals surface area (Å²) < 4.78 is 39.6. The van der Waals surface area contributed by atoms with Crippen LogP contribution in [0.5, 0.6) is 23.0 Å². The average Bonchev–Trinajstić information content (AvgIpc) is 3.13. The van der Waals surface area contributed by atoms with Crippen molar-refractivity contribution in [1.82, 2.24) is 0 Å². The van der Waals surface area contributed by atoms with Crippen LogP contribution in [0.1, 0.15) is 6.92 Å². The molecule has 3 aliphatic rings. The van der Waals surface area contributed by atoms with E-state index < -0.39 is 133 Å². The first-order valence-electron chi connectivity index (χ1n) is 16.4. The summed E-state index contributed by atoms with van der Waals surface area (Å²) in [6.45, 7) is -0.223. The molecule has 15 atom stereocenters. The number of aliphatic hydroxyl groups excluding tert-OH is 10. The van der Waals surface area contributed by atoms with Crippen molar-refractivity contribution < 1.29 is 94.1 Å². The van der Waals surface area contributed by atoms with Gasteiger partial charge in [0, 0.05) is 17.7 Å². The van der Waals surface area contributed by atoms with E-state index in [4.69, 9.17) is 32.8 Å². The Kier molecular flexibility index (Phi) is 11.5. The number of rotatable bonds is 9. The minimum absolute atomic E-state index is 0.0113. The van der Waals surface area contributed by atoms with Crippen LogP contribution in [0.25, 0.3) is 22.3 Å². The zero-order valence-electron chi connectivity index (χ0n) is 27.7. The van der Waals surface area contributed by atoms with Crippen LogP contribution in [0.2, 0.25) is 0 Å². The van der Waals surface area contributed by atoms with Gasteiger partial charge in [0.25, 0.3) is 0 Å². The maximum absolute atomic E-state index is 13.4. The summed E-state index contributed by atoms with van der Waals surface area (Å²) >= 11 is 0. The van der Waals surface area contributed by atoms with Crippen molar-refractivity contribution in [3.63, 3.8) is 0 Å². The number of phenols is 2. The van der Waals surface area contributed by atoms with Gasteiger partial charge in [0.15, 0.2) is 23.2 Å². The van der Waals surface area contributed by atoms with Gasteiger partial charge in [-0.15, -0.1) is 0 Å². The second kappa shape index (κ2) is 15.6. The van der Waals surface area contributed by atoms with Crippen LogP contribution in [0, 0.1) is 0 Å². The van der Waals surface area contributed by atoms with E-state index >= 15 is 0 Å². The molecule has 0 amide bonds. The summed E-state index contributed by atoms with van der Waals surface area (Å²) in [5, 5.41) is 124. The molecule has 20 nitrogen and oxygen atoms in total. The van der Waals surface area contributed by atoms with Crippen LogP contribution < -0.4 is 14.9 Å². The normalized spacial score (nSPS) is 37.8. The molecule has 292 valence electrons. The Labute approximate surface area is 298 Å². The Morgan fingerprint density at radius 2 is 1.21 bits per heavy atom. The smallest absolute Gasteiger partial charge is 0.229 e. The third-order valence-electron chi connectivity index (χ3n) is 9.31. The maximum atomic E-state index is 13.4. The third-order valence-corrected chi connectivity index (χ3v) is 9.31. The SMILES string of the molecule is C[C@@H]1O[C@@H](Oc2c(O[C@@H]3O[C@H](CO)[C@@H](O)[C@H](O)[C@H]3O)cc3oc(-c4ccc(O)cc4)cc(=O)c3c2O)[C@H](O)[C@H](O)[C@H]1O[C@@H]1O[C@H](CO)[C@@H](O)[C@H](O)[C@H]1O. The zero-order valence-corrected chi connectivity index (χ0v) is 27.7. The molecule has 0 bridgehead atoms. The lowest BCUT2D eigenvalue weighted by Crippen LogP contribution is -2.64. The molecule has 4 heterocycles. The molecule has 1 aromatic heterocycles. The first-order valence-corrected chi connectivity index (χ1v) is 16.4. The summed E-state index contributed by atoms with van der Waals surface area (Å²) in [5.41, 5.74) is -0.765. The minimum Gasteiger partial charge on any atom is -0.508 e. The van der Waals surface area contributed by atoms with E-state index in [2.05, 4.69) is 0 Å². The van der Waals surface area contributed by atoms with Gasteiger partial charge in [-0.05, 0) is 31.2 Å². The molecule has 3 aliphatic heterocycles. The van der Waals surface area contributed by atoms with Crippen molar-refractivity contribution in [2.24, 2.45) is 0 Å². The largest absolute Gasteiger partial charge is 0.508 e. The number of benzene rings is 2. The molecule has 0 unspecified atom stereocenters. The minimum atomic E-state index is -2.02. The molecule has 12 N–H and O–H groups in total. The number of hydrogen-bond acceptors (Lipinski definition) is 20. The Balaban J connectivity index is 1.34. The number of ether oxygens (including phenoxy) is 6. The van der Waals surface area contributed by atoms with E-state index in [-0.39, 0.29) is 17.1 Å². The fraction of sp³-hybridized carbons (Fsp3) is 0.545. The molecule has 0 aliphatic carbocycles. The summed E-state index contributed by atoms with van der Waals surface area (Å²) in [7, 11) is 0. The molecule has 0 spiro atoms. The first-order chi connectivity index (χ1) is 25.1. The van der Waals surface area contributed by atoms with Gasteiger partial charge in [-0.3, -0.25) is 4.79 Å². The van der Waals surface area contributed by atoms with Crippen molar-refractivity contribution in [2.75, 3.05) is 13.2 Å². The van der Waals surface area contributed by atoms with Crippen LogP contribution in [-0.2, 0) is 18.9 Å². The first kappa shape index (κ1) is 39.0. The highest BCUT2D eigenvalue weighted by atomic mass is 16.7. The fourth-order valence-electron chi connectivity index (χ4n) is 6.26. The van der Waals surface area contributed by atoms with Gasteiger partial charge in [-0.1, -0.05) is 0 Å². The molecule has 2 aromatic carbocycles. The van der Waals surface area contributed by atoms with Crippen LogP contribution >= 0.6 is 0 Å². The van der Waals surface area contributed by atoms with Crippen LogP contribution in [0.15, 0.2) is 45.6 Å². The zero-order chi connectivity index (χ0) is 38.5. The molecule has 53 heavy (non-hydrogen) atoms. The van der Waals surface area contributed by atoms with Crippen molar-refractivity contribution in [2.45, 2.75) is 99.0 Å². The lowest BCUT2D eigenvalue weighted by Gasteiger charge is -2.45. The summed E-state index contributed by atoms with van der Waals surface area (Å²) in [5.74, 6) is -2.29. The topological polar surface area (TPSA) is 328 Å². The number of phenolic OH excluding ortho intramolecular Hbond substituents is 2. The lowest BCUT2D eigenvalue weighted by atomic mass is 9.97. The Morgan fingerprint density at radius 3 is 1.81 bits per heavy atom. The maximum Gasteiger partial charge on any atom is 0.229 e. The third kappa shape index (κ3) is 7.39. The molecule has 20 heteroatoms. The summed E-state index contributed by atoms with van der Waals surface area (Å²) in [6, 6.07) is 7.65. The Hall–Kier alpha value is -3.71. The highest BCUT2D eigenvalue weighted by Gasteiger charge is 2.51. The van der Waals surface area contributed by atoms with Crippen molar-refractivity contribution in [3.8, 4) is 34.3 Å². The van der Waals surface area contributed by atoms with E-state index in [1.54, 1.807) is 0 Å². The van der Waals surface area contributed by atoms with E-state index in [1.807, 2.05) is 0 Å². The second-order valence-electron chi connectivity index (χ2n) is 12.9. The Bertz CT molecular complexity index is 1780. The summed E-state index contributed by atoms with van der Waals surface area (Å²) in [6.07, 6.45) is -25.8. The van der Waals surface area contributed by atoms with Crippen molar-refractivity contribution in [1.29, 1.82) is 0 Å². The predicted molar refractivity (Wildman–Crippen MR) is 171 cm³/mol. The molecule has 3 aromatic rings. The van der Waals surface area contributed by atoms with Gasteiger partial charge in [-0.25, -0.2) is 0 Å². The predicted octanol–water partition coefficient (Wildman–Crippen LogP) is -3.92. The highest BCUT2D eigenvalue weighted by Crippen LogP contribution is 2.45. The summed E-state index contributed by atoms with van der Waals surface area (Å²) in [4.78, 5) is 13.4. The van der Waals surface area contributed by atoms with E-state index in [1.165, 1.54) is 31.2 Å². The van der Waals surface area contributed by atoms with Gasteiger partial charge < -0.3 is 94.1 Å². The van der Waals surface area contributed by atoms with E-state index in [0.29, 0.717) is 5.56 Å². The van der Waals surface area contributed by atoms with Gasteiger partial charge in [-0.2, -0.15) is 0 Å². The molecule has 6 rings (SSSR count). The number of aliphatic hydroxyl groups is 10. The number of hydrogen-bond donors (Lipinski definition) is 12.